The molecule has 0 bridgehead atoms. The number of piperidine rings is 1. The first-order chi connectivity index (χ1) is 9.25. The summed E-state index contributed by atoms with van der Waals surface area (Å²) >= 11 is 0. The highest BCUT2D eigenvalue weighted by Gasteiger charge is 2.44. The number of aryl methyl sites for hydroxylation is 1. The number of halogens is 1. The van der Waals surface area contributed by atoms with Crippen LogP contribution in [0.4, 0.5) is 0 Å². The minimum Gasteiger partial charge on any atom is -0.353 e. The zero-order chi connectivity index (χ0) is 13.2. The van der Waals surface area contributed by atoms with E-state index in [2.05, 4.69) is 41.8 Å². The van der Waals surface area contributed by atoms with Gasteiger partial charge in [0.05, 0.1) is 0 Å². The molecule has 1 saturated heterocycles. The van der Waals surface area contributed by atoms with E-state index in [0.29, 0.717) is 12.0 Å². The maximum absolute atomic E-state index is 12.2. The lowest BCUT2D eigenvalue weighted by Crippen LogP contribution is -2.43. The zero-order valence-electron chi connectivity index (χ0n) is 11.9. The third-order valence-electron chi connectivity index (χ3n) is 4.40. The Hall–Kier alpha value is -1.06. The molecule has 2 N–H and O–H groups in total. The quantitative estimate of drug-likeness (QED) is 0.899. The molecule has 1 aromatic rings. The van der Waals surface area contributed by atoms with Crippen LogP contribution >= 0.6 is 12.4 Å². The Kier molecular flexibility index (Phi) is 5.06. The molecule has 2 unspecified atom stereocenters. The van der Waals surface area contributed by atoms with Gasteiger partial charge >= 0.3 is 0 Å². The first kappa shape index (κ1) is 15.3. The first-order valence-corrected chi connectivity index (χ1v) is 7.32. The van der Waals surface area contributed by atoms with Crippen molar-refractivity contribution in [3.63, 3.8) is 0 Å². The number of nitrogens with one attached hydrogen (secondary N) is 2. The van der Waals surface area contributed by atoms with E-state index >= 15 is 0 Å². The van der Waals surface area contributed by atoms with Crippen molar-refractivity contribution in [2.75, 3.05) is 13.1 Å². The van der Waals surface area contributed by atoms with Gasteiger partial charge in [-0.05, 0) is 56.3 Å². The van der Waals surface area contributed by atoms with Gasteiger partial charge in [-0.25, -0.2) is 0 Å². The molecule has 1 aliphatic heterocycles. The van der Waals surface area contributed by atoms with Crippen molar-refractivity contribution in [2.45, 2.75) is 38.1 Å². The third-order valence-corrected chi connectivity index (χ3v) is 4.40. The fourth-order valence-corrected chi connectivity index (χ4v) is 3.11. The summed E-state index contributed by atoms with van der Waals surface area (Å²) in [7, 11) is 0. The SMILES string of the molecule is Cc1ccccc1C1CC1C(=O)NC1CCNCC1.Cl. The molecule has 3 nitrogen and oxygen atoms in total. The molecule has 1 saturated carbocycles. The summed E-state index contributed by atoms with van der Waals surface area (Å²) in [4.78, 5) is 12.2. The van der Waals surface area contributed by atoms with E-state index in [1.54, 1.807) is 0 Å². The van der Waals surface area contributed by atoms with Crippen molar-refractivity contribution in [3.8, 4) is 0 Å². The molecule has 4 heteroatoms. The number of rotatable bonds is 3. The summed E-state index contributed by atoms with van der Waals surface area (Å²) < 4.78 is 0. The summed E-state index contributed by atoms with van der Waals surface area (Å²) in [5.41, 5.74) is 2.66. The van der Waals surface area contributed by atoms with Crippen LogP contribution in [0.3, 0.4) is 0 Å². The molecule has 110 valence electrons. The summed E-state index contributed by atoms with van der Waals surface area (Å²) in [6.45, 7) is 4.18. The van der Waals surface area contributed by atoms with Crippen LogP contribution < -0.4 is 10.6 Å². The smallest absolute Gasteiger partial charge is 0.223 e. The maximum atomic E-state index is 12.2. The normalized spacial score (nSPS) is 25.6. The molecule has 20 heavy (non-hydrogen) atoms. The molecule has 3 rings (SSSR count). The molecule has 1 aromatic carbocycles. The molecule has 2 fully saturated rings. The highest BCUT2D eigenvalue weighted by Crippen LogP contribution is 2.48. The lowest BCUT2D eigenvalue weighted by atomic mass is 10.0. The Balaban J connectivity index is 0.00000147. The van der Waals surface area contributed by atoms with Crippen LogP contribution in [0.25, 0.3) is 0 Å². The number of benzene rings is 1. The average Bonchev–Trinajstić information content (AvgIpc) is 3.21. The number of hydrogen-bond donors (Lipinski definition) is 2. The van der Waals surface area contributed by atoms with Crippen LogP contribution in [0.1, 0.15) is 36.3 Å². The topological polar surface area (TPSA) is 41.1 Å². The standard InChI is InChI=1S/C16H22N2O.ClH/c1-11-4-2-3-5-13(11)14-10-15(14)16(19)18-12-6-8-17-9-7-12;/h2-5,12,14-15,17H,6-10H2,1H3,(H,18,19);1H. The largest absolute Gasteiger partial charge is 0.353 e. The Bertz CT molecular complexity index is 471. The molecule has 1 aliphatic carbocycles. The zero-order valence-corrected chi connectivity index (χ0v) is 12.7. The van der Waals surface area contributed by atoms with E-state index in [-0.39, 0.29) is 24.2 Å². The van der Waals surface area contributed by atoms with Gasteiger partial charge < -0.3 is 10.6 Å². The van der Waals surface area contributed by atoms with Gasteiger partial charge in [-0.1, -0.05) is 24.3 Å². The monoisotopic (exact) mass is 294 g/mol. The second kappa shape index (κ2) is 6.59. The fraction of sp³-hybridized carbons (Fsp3) is 0.562. The Morgan fingerprint density at radius 2 is 1.95 bits per heavy atom. The van der Waals surface area contributed by atoms with Gasteiger partial charge in [0.15, 0.2) is 0 Å². The van der Waals surface area contributed by atoms with E-state index in [1.807, 2.05) is 0 Å². The van der Waals surface area contributed by atoms with Gasteiger partial charge in [0.1, 0.15) is 0 Å². The van der Waals surface area contributed by atoms with Crippen LogP contribution in [-0.4, -0.2) is 25.0 Å². The van der Waals surface area contributed by atoms with Crippen molar-refractivity contribution >= 4 is 18.3 Å². The summed E-state index contributed by atoms with van der Waals surface area (Å²) in [5, 5.41) is 6.54. The van der Waals surface area contributed by atoms with Gasteiger partial charge in [-0.15, -0.1) is 12.4 Å². The molecule has 2 aliphatic rings. The molecule has 1 heterocycles. The van der Waals surface area contributed by atoms with Crippen LogP contribution in [0.2, 0.25) is 0 Å². The number of carbonyl (C=O) groups is 1. The Labute approximate surface area is 126 Å². The van der Waals surface area contributed by atoms with Crippen molar-refractivity contribution in [3.05, 3.63) is 35.4 Å². The summed E-state index contributed by atoms with van der Waals surface area (Å²) in [5.74, 6) is 0.916. The highest BCUT2D eigenvalue weighted by atomic mass is 35.5. The van der Waals surface area contributed by atoms with Crippen LogP contribution in [-0.2, 0) is 4.79 Å². The van der Waals surface area contributed by atoms with E-state index in [9.17, 15) is 4.79 Å². The molecular weight excluding hydrogens is 272 g/mol. The fourth-order valence-electron chi connectivity index (χ4n) is 3.11. The summed E-state index contributed by atoms with van der Waals surface area (Å²) in [6, 6.07) is 8.81. The van der Waals surface area contributed by atoms with Gasteiger partial charge in [0.25, 0.3) is 0 Å². The van der Waals surface area contributed by atoms with Crippen molar-refractivity contribution in [1.82, 2.24) is 10.6 Å². The predicted octanol–water partition coefficient (Wildman–Crippen LogP) is 2.39. The van der Waals surface area contributed by atoms with Gasteiger partial charge in [-0.2, -0.15) is 0 Å². The van der Waals surface area contributed by atoms with Crippen LogP contribution in [0.5, 0.6) is 0 Å². The molecule has 2 atom stereocenters. The molecular formula is C16H23ClN2O. The maximum Gasteiger partial charge on any atom is 0.223 e. The molecule has 0 radical (unpaired) electrons. The minimum atomic E-state index is 0. The lowest BCUT2D eigenvalue weighted by molar-refractivity contribution is -0.123. The highest BCUT2D eigenvalue weighted by molar-refractivity contribution is 5.85. The van der Waals surface area contributed by atoms with E-state index in [4.69, 9.17) is 0 Å². The Morgan fingerprint density at radius 1 is 1.25 bits per heavy atom. The van der Waals surface area contributed by atoms with Gasteiger partial charge in [0.2, 0.25) is 5.91 Å². The summed E-state index contributed by atoms with van der Waals surface area (Å²) in [6.07, 6.45) is 3.14. The van der Waals surface area contributed by atoms with E-state index in [1.165, 1.54) is 11.1 Å². The van der Waals surface area contributed by atoms with Crippen molar-refractivity contribution in [1.29, 1.82) is 0 Å². The van der Waals surface area contributed by atoms with Gasteiger partial charge in [0, 0.05) is 12.0 Å². The number of amides is 1. The number of hydrogen-bond acceptors (Lipinski definition) is 2. The van der Waals surface area contributed by atoms with Crippen LogP contribution in [0, 0.1) is 12.8 Å². The van der Waals surface area contributed by atoms with E-state index in [0.717, 1.165) is 32.4 Å². The number of carbonyl (C=O) groups excluding carboxylic acids is 1. The average molecular weight is 295 g/mol. The van der Waals surface area contributed by atoms with Crippen LogP contribution in [0.15, 0.2) is 24.3 Å². The minimum absolute atomic E-state index is 0. The van der Waals surface area contributed by atoms with Crippen molar-refractivity contribution in [2.24, 2.45) is 5.92 Å². The molecule has 0 spiro atoms. The lowest BCUT2D eigenvalue weighted by Gasteiger charge is -2.23. The van der Waals surface area contributed by atoms with Crippen molar-refractivity contribution < 1.29 is 4.79 Å². The molecule has 0 aromatic heterocycles. The Morgan fingerprint density at radius 3 is 2.65 bits per heavy atom. The molecule has 1 amide bonds. The predicted molar refractivity (Wildman–Crippen MR) is 83.3 cm³/mol. The second-order valence-electron chi connectivity index (χ2n) is 5.84. The van der Waals surface area contributed by atoms with E-state index < -0.39 is 0 Å². The van der Waals surface area contributed by atoms with Gasteiger partial charge in [-0.3, -0.25) is 4.79 Å². The second-order valence-corrected chi connectivity index (χ2v) is 5.84. The first-order valence-electron chi connectivity index (χ1n) is 7.32. The third kappa shape index (κ3) is 3.33.